The van der Waals surface area contributed by atoms with E-state index in [9.17, 15) is 19.8 Å². The van der Waals surface area contributed by atoms with Gasteiger partial charge in [-0.15, -0.1) is 0 Å². The summed E-state index contributed by atoms with van der Waals surface area (Å²) >= 11 is 0. The summed E-state index contributed by atoms with van der Waals surface area (Å²) in [5, 5.41) is 18.7. The summed E-state index contributed by atoms with van der Waals surface area (Å²) in [4.78, 5) is 25.2. The van der Waals surface area contributed by atoms with Crippen molar-refractivity contribution in [3.63, 3.8) is 0 Å². The standard InChI is InChI=1S/C21H21NO5/c23-11-19(20(24)25)22(13-9-10-13)21(26)27-12-18-16-7-3-1-5-14(16)15-6-2-4-8-17(15)18/h1-8,13,18-19,23H,9-12H2,(H,24,25). The molecule has 1 fully saturated rings. The van der Waals surface area contributed by atoms with E-state index in [1.165, 1.54) is 4.90 Å². The van der Waals surface area contributed by atoms with Crippen molar-refractivity contribution < 1.29 is 24.5 Å². The molecule has 0 heterocycles. The molecule has 1 atom stereocenters. The quantitative estimate of drug-likeness (QED) is 0.820. The number of fused-ring (bicyclic) bond motifs is 3. The van der Waals surface area contributed by atoms with Crippen LogP contribution in [0.15, 0.2) is 48.5 Å². The van der Waals surface area contributed by atoms with E-state index in [0.29, 0.717) is 0 Å². The van der Waals surface area contributed by atoms with Crippen LogP contribution in [0.1, 0.15) is 29.9 Å². The van der Waals surface area contributed by atoms with E-state index in [4.69, 9.17) is 4.74 Å². The van der Waals surface area contributed by atoms with Gasteiger partial charge >= 0.3 is 12.1 Å². The van der Waals surface area contributed by atoms with Crippen molar-refractivity contribution >= 4 is 12.1 Å². The van der Waals surface area contributed by atoms with Crippen LogP contribution in [0.5, 0.6) is 0 Å². The van der Waals surface area contributed by atoms with Crippen LogP contribution in [-0.2, 0) is 9.53 Å². The molecule has 1 amide bonds. The van der Waals surface area contributed by atoms with Crippen molar-refractivity contribution in [1.29, 1.82) is 0 Å². The number of carboxylic acids is 1. The lowest BCUT2D eigenvalue weighted by Crippen LogP contribution is -2.49. The summed E-state index contributed by atoms with van der Waals surface area (Å²) < 4.78 is 5.55. The number of aliphatic hydroxyl groups excluding tert-OH is 1. The Morgan fingerprint density at radius 1 is 1.04 bits per heavy atom. The van der Waals surface area contributed by atoms with Crippen LogP contribution in [0.3, 0.4) is 0 Å². The Morgan fingerprint density at radius 2 is 1.59 bits per heavy atom. The highest BCUT2D eigenvalue weighted by atomic mass is 16.6. The van der Waals surface area contributed by atoms with Crippen LogP contribution in [-0.4, -0.2) is 52.5 Å². The average molecular weight is 367 g/mol. The number of aliphatic hydroxyl groups is 1. The van der Waals surface area contributed by atoms with Gasteiger partial charge in [-0.2, -0.15) is 0 Å². The molecule has 0 aliphatic heterocycles. The third kappa shape index (κ3) is 3.17. The van der Waals surface area contributed by atoms with Crippen LogP contribution in [0.4, 0.5) is 4.79 Å². The highest BCUT2D eigenvalue weighted by Gasteiger charge is 2.42. The summed E-state index contributed by atoms with van der Waals surface area (Å²) in [5.74, 6) is -1.31. The fourth-order valence-electron chi connectivity index (χ4n) is 3.84. The lowest BCUT2D eigenvalue weighted by atomic mass is 9.98. The molecule has 0 radical (unpaired) electrons. The van der Waals surface area contributed by atoms with E-state index in [-0.39, 0.29) is 18.6 Å². The van der Waals surface area contributed by atoms with Gasteiger partial charge < -0.3 is 14.9 Å². The minimum atomic E-state index is -1.27. The van der Waals surface area contributed by atoms with E-state index >= 15 is 0 Å². The molecule has 2 aliphatic carbocycles. The number of rotatable bonds is 6. The number of ether oxygens (including phenoxy) is 1. The number of carbonyl (C=O) groups excluding carboxylic acids is 1. The number of amides is 1. The molecule has 2 N–H and O–H groups in total. The largest absolute Gasteiger partial charge is 0.480 e. The fraction of sp³-hybridized carbons (Fsp3) is 0.333. The molecule has 1 unspecified atom stereocenters. The fourth-order valence-corrected chi connectivity index (χ4v) is 3.84. The zero-order valence-corrected chi connectivity index (χ0v) is 14.7. The molecule has 6 nitrogen and oxygen atoms in total. The van der Waals surface area contributed by atoms with E-state index < -0.39 is 24.7 Å². The summed E-state index contributed by atoms with van der Waals surface area (Å²) in [7, 11) is 0. The van der Waals surface area contributed by atoms with Crippen molar-refractivity contribution in [2.75, 3.05) is 13.2 Å². The minimum absolute atomic E-state index is 0.0835. The van der Waals surface area contributed by atoms with Crippen LogP contribution in [0, 0.1) is 0 Å². The van der Waals surface area contributed by atoms with Crippen molar-refractivity contribution in [1.82, 2.24) is 4.90 Å². The first kappa shape index (κ1) is 17.5. The maximum Gasteiger partial charge on any atom is 0.410 e. The maximum absolute atomic E-state index is 12.6. The number of aliphatic carboxylic acids is 1. The average Bonchev–Trinajstić information content (AvgIpc) is 3.46. The molecule has 27 heavy (non-hydrogen) atoms. The summed E-state index contributed by atoms with van der Waals surface area (Å²) in [6.07, 6.45) is 0.780. The van der Waals surface area contributed by atoms with Gasteiger partial charge in [0.25, 0.3) is 0 Å². The molecule has 2 aliphatic rings. The zero-order valence-electron chi connectivity index (χ0n) is 14.7. The maximum atomic E-state index is 12.6. The minimum Gasteiger partial charge on any atom is -0.480 e. The lowest BCUT2D eigenvalue weighted by Gasteiger charge is -2.27. The van der Waals surface area contributed by atoms with E-state index in [1.54, 1.807) is 0 Å². The van der Waals surface area contributed by atoms with Gasteiger partial charge in [0.15, 0.2) is 6.04 Å². The molecule has 140 valence electrons. The van der Waals surface area contributed by atoms with Crippen LogP contribution >= 0.6 is 0 Å². The molecular weight excluding hydrogens is 346 g/mol. The Labute approximate surface area is 157 Å². The summed E-state index contributed by atoms with van der Waals surface area (Å²) in [6, 6.07) is 14.6. The van der Waals surface area contributed by atoms with Gasteiger partial charge in [-0.25, -0.2) is 9.59 Å². The first-order valence-electron chi connectivity index (χ1n) is 9.08. The zero-order chi connectivity index (χ0) is 19.0. The van der Waals surface area contributed by atoms with Crippen LogP contribution in [0.2, 0.25) is 0 Å². The highest BCUT2D eigenvalue weighted by Crippen LogP contribution is 2.44. The third-order valence-electron chi connectivity index (χ3n) is 5.28. The first-order chi connectivity index (χ1) is 13.1. The molecule has 4 rings (SSSR count). The van der Waals surface area contributed by atoms with Gasteiger partial charge in [0, 0.05) is 12.0 Å². The second-order valence-electron chi connectivity index (χ2n) is 6.98. The third-order valence-corrected chi connectivity index (χ3v) is 5.28. The first-order valence-corrected chi connectivity index (χ1v) is 9.08. The Balaban J connectivity index is 1.54. The van der Waals surface area contributed by atoms with Crippen molar-refractivity contribution in [2.45, 2.75) is 30.8 Å². The Hall–Kier alpha value is -2.86. The highest BCUT2D eigenvalue weighted by molar-refractivity contribution is 5.81. The molecule has 2 aromatic carbocycles. The van der Waals surface area contributed by atoms with E-state index in [2.05, 4.69) is 12.1 Å². The number of carbonyl (C=O) groups is 2. The van der Waals surface area contributed by atoms with Gasteiger partial charge in [0.2, 0.25) is 0 Å². The number of nitrogens with zero attached hydrogens (tertiary/aromatic N) is 1. The topological polar surface area (TPSA) is 87.1 Å². The second-order valence-corrected chi connectivity index (χ2v) is 6.98. The molecule has 1 saturated carbocycles. The molecule has 0 spiro atoms. The predicted octanol–water partition coefficient (Wildman–Crippen LogP) is 2.85. The summed E-state index contributed by atoms with van der Waals surface area (Å²) in [5.41, 5.74) is 4.46. The molecule has 0 saturated heterocycles. The molecule has 2 aromatic rings. The van der Waals surface area contributed by atoms with E-state index in [0.717, 1.165) is 35.1 Å². The number of hydrogen-bond acceptors (Lipinski definition) is 4. The molecule has 6 heteroatoms. The van der Waals surface area contributed by atoms with Crippen molar-refractivity contribution in [2.24, 2.45) is 0 Å². The Bertz CT molecular complexity index is 831. The molecule has 0 aromatic heterocycles. The smallest absolute Gasteiger partial charge is 0.410 e. The SMILES string of the molecule is O=C(O)C(CO)N(C(=O)OCC1c2ccccc2-c2ccccc21)C1CC1. The van der Waals surface area contributed by atoms with E-state index in [1.807, 2.05) is 36.4 Å². The summed E-state index contributed by atoms with van der Waals surface area (Å²) in [6.45, 7) is -0.496. The van der Waals surface area contributed by atoms with Crippen molar-refractivity contribution in [3.8, 4) is 11.1 Å². The molecule has 0 bridgehead atoms. The van der Waals surface area contributed by atoms with Gasteiger partial charge in [0.1, 0.15) is 6.61 Å². The predicted molar refractivity (Wildman–Crippen MR) is 98.4 cm³/mol. The lowest BCUT2D eigenvalue weighted by molar-refractivity contribution is -0.144. The number of benzene rings is 2. The van der Waals surface area contributed by atoms with Gasteiger partial charge in [0.05, 0.1) is 6.61 Å². The normalized spacial score (nSPS) is 16.3. The number of carboxylic acid groups (broad SMARTS) is 1. The number of hydrogen-bond donors (Lipinski definition) is 2. The van der Waals surface area contributed by atoms with Gasteiger partial charge in [-0.3, -0.25) is 4.90 Å². The Morgan fingerprint density at radius 3 is 2.07 bits per heavy atom. The second kappa shape index (κ2) is 7.04. The monoisotopic (exact) mass is 367 g/mol. The van der Waals surface area contributed by atoms with Crippen molar-refractivity contribution in [3.05, 3.63) is 59.7 Å². The molecular formula is C21H21NO5. The van der Waals surface area contributed by atoms with Crippen LogP contribution < -0.4 is 0 Å². The van der Waals surface area contributed by atoms with Crippen LogP contribution in [0.25, 0.3) is 11.1 Å². The van der Waals surface area contributed by atoms with Gasteiger partial charge in [-0.05, 0) is 35.1 Å². The Kier molecular flexibility index (Phi) is 4.58. The van der Waals surface area contributed by atoms with Gasteiger partial charge in [-0.1, -0.05) is 48.5 Å².